The van der Waals surface area contributed by atoms with E-state index < -0.39 is 5.60 Å². The largest absolute Gasteiger partial charge is 0.393 e. The first-order valence-electron chi connectivity index (χ1n) is 15.6. The second-order valence-corrected chi connectivity index (χ2v) is 14.6. The molecule has 2 nitrogen and oxygen atoms in total. The molecule has 1 aromatic carbocycles. The normalized spacial score (nSPS) is 43.8. The van der Waals surface area contributed by atoms with E-state index in [-0.39, 0.29) is 17.4 Å². The van der Waals surface area contributed by atoms with E-state index in [2.05, 4.69) is 58.6 Å². The van der Waals surface area contributed by atoms with Crippen LogP contribution in [-0.4, -0.2) is 21.9 Å². The molecule has 4 aliphatic carbocycles. The number of rotatable bonds is 5. The summed E-state index contributed by atoms with van der Waals surface area (Å²) in [5.41, 5.74) is 0.542. The van der Waals surface area contributed by atoms with Crippen molar-refractivity contribution in [3.63, 3.8) is 0 Å². The minimum Gasteiger partial charge on any atom is -0.393 e. The van der Waals surface area contributed by atoms with E-state index >= 15 is 0 Å². The fraction of sp³-hybridized carbons (Fsp3) is 0.771. The minimum absolute atomic E-state index is 0.215. The van der Waals surface area contributed by atoms with Crippen LogP contribution in [0.1, 0.15) is 111 Å². The molecule has 0 bridgehead atoms. The fourth-order valence-corrected chi connectivity index (χ4v) is 10.1. The van der Waals surface area contributed by atoms with Gasteiger partial charge in [0.15, 0.2) is 0 Å². The minimum atomic E-state index is -0.968. The number of hydrogen-bond donors (Lipinski definition) is 2. The van der Waals surface area contributed by atoms with Crippen molar-refractivity contribution in [3.8, 4) is 11.8 Å². The third-order valence-electron chi connectivity index (χ3n) is 12.1. The highest BCUT2D eigenvalue weighted by atomic mass is 16.3. The van der Waals surface area contributed by atoms with Crippen molar-refractivity contribution in [2.45, 2.75) is 117 Å². The topological polar surface area (TPSA) is 40.5 Å². The number of hydrogen-bond acceptors (Lipinski definition) is 2. The van der Waals surface area contributed by atoms with Crippen molar-refractivity contribution in [3.05, 3.63) is 35.9 Å². The Bertz CT molecular complexity index is 990. The van der Waals surface area contributed by atoms with Gasteiger partial charge < -0.3 is 10.2 Å². The summed E-state index contributed by atoms with van der Waals surface area (Å²) < 4.78 is 0. The lowest BCUT2D eigenvalue weighted by Gasteiger charge is -2.64. The van der Waals surface area contributed by atoms with Crippen LogP contribution >= 0.6 is 0 Å². The van der Waals surface area contributed by atoms with Crippen LogP contribution in [0.15, 0.2) is 30.3 Å². The van der Waals surface area contributed by atoms with E-state index in [0.29, 0.717) is 23.2 Å². The van der Waals surface area contributed by atoms with Crippen LogP contribution in [0, 0.1) is 64.1 Å². The Morgan fingerprint density at radius 3 is 2.35 bits per heavy atom. The summed E-state index contributed by atoms with van der Waals surface area (Å²) in [4.78, 5) is 0. The van der Waals surface area contributed by atoms with Crippen molar-refractivity contribution in [2.24, 2.45) is 52.3 Å². The van der Waals surface area contributed by atoms with Gasteiger partial charge in [-0.3, -0.25) is 0 Å². The molecule has 10 unspecified atom stereocenters. The zero-order valence-corrected chi connectivity index (χ0v) is 24.2. The first-order valence-corrected chi connectivity index (χ1v) is 15.6. The summed E-state index contributed by atoms with van der Waals surface area (Å²) in [5.74, 6) is 10.9. The second-order valence-electron chi connectivity index (χ2n) is 14.6. The van der Waals surface area contributed by atoms with E-state index in [9.17, 15) is 10.2 Å². The first-order chi connectivity index (χ1) is 17.6. The fourth-order valence-electron chi connectivity index (χ4n) is 10.1. The molecule has 0 radical (unpaired) electrons. The van der Waals surface area contributed by atoms with E-state index in [1.165, 1.54) is 44.9 Å². The first kappa shape index (κ1) is 27.3. The summed E-state index contributed by atoms with van der Waals surface area (Å²) >= 11 is 0. The smallest absolute Gasteiger partial charge is 0.129 e. The molecule has 4 fully saturated rings. The maximum absolute atomic E-state index is 12.6. The van der Waals surface area contributed by atoms with Gasteiger partial charge >= 0.3 is 0 Å². The Labute approximate surface area is 227 Å². The van der Waals surface area contributed by atoms with Gasteiger partial charge in [-0.15, -0.1) is 0 Å². The average Bonchev–Trinajstić information content (AvgIpc) is 3.21. The van der Waals surface area contributed by atoms with Gasteiger partial charge in [0.1, 0.15) is 5.60 Å². The van der Waals surface area contributed by atoms with Gasteiger partial charge in [0.2, 0.25) is 0 Å². The summed E-state index contributed by atoms with van der Waals surface area (Å²) in [7, 11) is 0. The molecule has 0 amide bonds. The molecular formula is C35H52O2. The molecule has 0 heterocycles. The molecular weight excluding hydrogens is 452 g/mol. The van der Waals surface area contributed by atoms with Crippen LogP contribution in [0.5, 0.6) is 0 Å². The molecule has 2 heteroatoms. The molecule has 4 saturated carbocycles. The highest BCUT2D eigenvalue weighted by molar-refractivity contribution is 5.37. The van der Waals surface area contributed by atoms with Gasteiger partial charge in [0, 0.05) is 11.5 Å². The molecule has 0 spiro atoms. The third kappa shape index (κ3) is 4.94. The van der Waals surface area contributed by atoms with Gasteiger partial charge in [-0.1, -0.05) is 83.9 Å². The number of aliphatic hydroxyl groups is 2. The highest BCUT2D eigenvalue weighted by Crippen LogP contribution is 2.70. The molecule has 10 atom stereocenters. The standard InChI is InChI=1S/C35H52O2/c1-24(2)10-9-11-25(3)29-14-15-30-32-31(18-20-34(29,30)5)33(4)19-17-28(36)22-27(33)23-35(32,37)21-16-26-12-7-6-8-13-26/h6-8,12-13,24-25,27-32,36-37H,9-11,14-15,17-20,22-23H2,1-5H3. The summed E-state index contributed by atoms with van der Waals surface area (Å²) in [6.07, 6.45) is 12.4. The summed E-state index contributed by atoms with van der Waals surface area (Å²) in [6.45, 7) is 12.3. The lowest BCUT2D eigenvalue weighted by molar-refractivity contribution is -0.198. The molecule has 0 saturated heterocycles. The molecule has 37 heavy (non-hydrogen) atoms. The molecule has 0 aliphatic heterocycles. The van der Waals surface area contributed by atoms with E-state index in [1.807, 2.05) is 18.2 Å². The zero-order chi connectivity index (χ0) is 26.4. The van der Waals surface area contributed by atoms with E-state index in [4.69, 9.17) is 0 Å². The highest BCUT2D eigenvalue weighted by Gasteiger charge is 2.66. The van der Waals surface area contributed by atoms with Crippen molar-refractivity contribution < 1.29 is 10.2 Å². The molecule has 2 N–H and O–H groups in total. The Hall–Kier alpha value is -1.30. The lowest BCUT2D eigenvalue weighted by atomic mass is 9.41. The van der Waals surface area contributed by atoms with Crippen LogP contribution in [-0.2, 0) is 0 Å². The van der Waals surface area contributed by atoms with Crippen LogP contribution < -0.4 is 0 Å². The maximum atomic E-state index is 12.6. The summed E-state index contributed by atoms with van der Waals surface area (Å²) in [6, 6.07) is 10.2. The van der Waals surface area contributed by atoms with Gasteiger partial charge in [-0.2, -0.15) is 0 Å². The van der Waals surface area contributed by atoms with Gasteiger partial charge in [0.05, 0.1) is 6.10 Å². The van der Waals surface area contributed by atoms with E-state index in [1.54, 1.807) is 0 Å². The quantitative estimate of drug-likeness (QED) is 0.401. The van der Waals surface area contributed by atoms with Crippen LogP contribution in [0.4, 0.5) is 0 Å². The molecule has 4 aliphatic rings. The van der Waals surface area contributed by atoms with Crippen molar-refractivity contribution >= 4 is 0 Å². The maximum Gasteiger partial charge on any atom is 0.129 e. The molecule has 204 valence electrons. The zero-order valence-electron chi connectivity index (χ0n) is 24.2. The predicted octanol–water partition coefficient (Wildman–Crippen LogP) is 7.86. The number of aliphatic hydroxyl groups excluding tert-OH is 1. The SMILES string of the molecule is CC(C)CCCC(C)C1CCC2C3C(CCC12C)C1(C)CCC(O)CC1CC3(O)C#Cc1ccccc1. The van der Waals surface area contributed by atoms with E-state index in [0.717, 1.165) is 49.0 Å². The van der Waals surface area contributed by atoms with Gasteiger partial charge in [-0.05, 0) is 110 Å². The Morgan fingerprint density at radius 1 is 0.919 bits per heavy atom. The Balaban J connectivity index is 1.48. The van der Waals surface area contributed by atoms with Crippen molar-refractivity contribution in [1.29, 1.82) is 0 Å². The van der Waals surface area contributed by atoms with Crippen molar-refractivity contribution in [1.82, 2.24) is 0 Å². The van der Waals surface area contributed by atoms with Crippen LogP contribution in [0.2, 0.25) is 0 Å². The van der Waals surface area contributed by atoms with Gasteiger partial charge in [-0.25, -0.2) is 0 Å². The molecule has 1 aromatic rings. The van der Waals surface area contributed by atoms with Crippen molar-refractivity contribution in [2.75, 3.05) is 0 Å². The average molecular weight is 505 g/mol. The Morgan fingerprint density at radius 2 is 1.62 bits per heavy atom. The number of fused-ring (bicyclic) bond motifs is 5. The lowest BCUT2D eigenvalue weighted by Crippen LogP contribution is -2.63. The van der Waals surface area contributed by atoms with Crippen LogP contribution in [0.3, 0.4) is 0 Å². The molecule has 5 rings (SSSR count). The third-order valence-corrected chi connectivity index (χ3v) is 12.1. The second kappa shape index (κ2) is 10.4. The summed E-state index contributed by atoms with van der Waals surface area (Å²) in [5, 5.41) is 23.2. The molecule has 0 aromatic heterocycles. The number of benzene rings is 1. The Kier molecular flexibility index (Phi) is 7.63. The van der Waals surface area contributed by atoms with Crippen LogP contribution in [0.25, 0.3) is 0 Å². The van der Waals surface area contributed by atoms with Gasteiger partial charge in [0.25, 0.3) is 0 Å². The monoisotopic (exact) mass is 504 g/mol. The predicted molar refractivity (Wildman–Crippen MR) is 153 cm³/mol.